The average molecular weight is 269 g/mol. The standard InChI is InChI=1S/C14H11N3OS/c18-14-13(16-9-19)6-11(10-3-4-10)8-17(14)12-2-1-5-15-7-12/h1-2,5-8,10H,3-4H2. The van der Waals surface area contributed by atoms with E-state index >= 15 is 0 Å². The van der Waals surface area contributed by atoms with E-state index in [1.807, 2.05) is 18.3 Å². The number of isothiocyanates is 1. The van der Waals surface area contributed by atoms with Gasteiger partial charge in [-0.2, -0.15) is 4.99 Å². The van der Waals surface area contributed by atoms with Crippen LogP contribution in [-0.4, -0.2) is 14.7 Å². The first kappa shape index (κ1) is 12.0. The largest absolute Gasteiger partial charge is 0.281 e. The average Bonchev–Trinajstić information content (AvgIpc) is 3.27. The number of nitrogens with zero attached hydrogens (tertiary/aromatic N) is 3. The van der Waals surface area contributed by atoms with Gasteiger partial charge in [-0.1, -0.05) is 0 Å². The monoisotopic (exact) mass is 269 g/mol. The molecule has 0 saturated heterocycles. The van der Waals surface area contributed by atoms with Crippen LogP contribution in [0.25, 0.3) is 5.69 Å². The van der Waals surface area contributed by atoms with Gasteiger partial charge in [0.25, 0.3) is 5.56 Å². The van der Waals surface area contributed by atoms with Gasteiger partial charge in [-0.3, -0.25) is 14.3 Å². The molecule has 4 nitrogen and oxygen atoms in total. The third kappa shape index (κ3) is 2.38. The molecule has 0 atom stereocenters. The smallest absolute Gasteiger partial charge is 0.281 e. The molecule has 2 heterocycles. The Morgan fingerprint density at radius 3 is 2.95 bits per heavy atom. The molecular formula is C14H11N3OS. The minimum absolute atomic E-state index is 0.199. The molecule has 0 N–H and O–H groups in total. The lowest BCUT2D eigenvalue weighted by Crippen LogP contribution is -2.18. The Kier molecular flexibility index (Phi) is 3.07. The molecule has 0 amide bonds. The highest BCUT2D eigenvalue weighted by Crippen LogP contribution is 2.40. The van der Waals surface area contributed by atoms with Gasteiger partial charge in [0.1, 0.15) is 5.69 Å². The maximum Gasteiger partial charge on any atom is 0.281 e. The molecule has 2 aromatic heterocycles. The van der Waals surface area contributed by atoms with Gasteiger partial charge in [0, 0.05) is 12.4 Å². The van der Waals surface area contributed by atoms with Crippen molar-refractivity contribution in [3.8, 4) is 5.69 Å². The summed E-state index contributed by atoms with van der Waals surface area (Å²) in [5.74, 6) is 0.530. The van der Waals surface area contributed by atoms with E-state index in [0.29, 0.717) is 11.6 Å². The van der Waals surface area contributed by atoms with Crippen LogP contribution in [0.5, 0.6) is 0 Å². The van der Waals surface area contributed by atoms with Crippen molar-refractivity contribution in [2.45, 2.75) is 18.8 Å². The van der Waals surface area contributed by atoms with Gasteiger partial charge < -0.3 is 0 Å². The third-order valence-electron chi connectivity index (χ3n) is 3.16. The Bertz CT molecular complexity index is 713. The Morgan fingerprint density at radius 2 is 2.32 bits per heavy atom. The highest BCUT2D eigenvalue weighted by molar-refractivity contribution is 7.78. The first-order valence-corrected chi connectivity index (χ1v) is 6.45. The van der Waals surface area contributed by atoms with Crippen LogP contribution in [0.1, 0.15) is 24.3 Å². The summed E-state index contributed by atoms with van der Waals surface area (Å²) in [5.41, 5.74) is 1.99. The van der Waals surface area contributed by atoms with Gasteiger partial charge in [-0.15, -0.1) is 0 Å². The number of pyridine rings is 2. The summed E-state index contributed by atoms with van der Waals surface area (Å²) in [7, 11) is 0. The zero-order valence-electron chi connectivity index (χ0n) is 10.1. The molecule has 1 saturated carbocycles. The molecule has 1 fully saturated rings. The number of hydrogen-bond donors (Lipinski definition) is 0. The van der Waals surface area contributed by atoms with Crippen molar-refractivity contribution < 1.29 is 0 Å². The predicted molar refractivity (Wildman–Crippen MR) is 76.5 cm³/mol. The van der Waals surface area contributed by atoms with Gasteiger partial charge in [0.15, 0.2) is 0 Å². The SMILES string of the molecule is O=c1c(N=C=S)cc(C2CC2)cn1-c1cccnc1. The van der Waals surface area contributed by atoms with Gasteiger partial charge in [-0.25, -0.2) is 0 Å². The van der Waals surface area contributed by atoms with Crippen molar-refractivity contribution in [1.82, 2.24) is 9.55 Å². The molecule has 0 spiro atoms. The molecule has 0 aliphatic heterocycles. The van der Waals surface area contributed by atoms with E-state index in [1.165, 1.54) is 0 Å². The first-order valence-electron chi connectivity index (χ1n) is 6.04. The van der Waals surface area contributed by atoms with E-state index in [2.05, 4.69) is 27.4 Å². The fraction of sp³-hybridized carbons (Fsp3) is 0.214. The van der Waals surface area contributed by atoms with Crippen molar-refractivity contribution in [1.29, 1.82) is 0 Å². The Morgan fingerprint density at radius 1 is 1.47 bits per heavy atom. The Balaban J connectivity index is 2.22. The third-order valence-corrected chi connectivity index (χ3v) is 3.25. The lowest BCUT2D eigenvalue weighted by Gasteiger charge is -2.08. The molecule has 0 radical (unpaired) electrons. The van der Waals surface area contributed by atoms with Crippen molar-refractivity contribution >= 4 is 23.1 Å². The van der Waals surface area contributed by atoms with Crippen molar-refractivity contribution in [3.05, 3.63) is 52.7 Å². The van der Waals surface area contributed by atoms with Crippen LogP contribution in [0.3, 0.4) is 0 Å². The maximum atomic E-state index is 12.3. The minimum Gasteiger partial charge on any atom is -0.281 e. The summed E-state index contributed by atoms with van der Waals surface area (Å²) in [6, 6.07) is 5.45. The quantitative estimate of drug-likeness (QED) is 0.636. The summed E-state index contributed by atoms with van der Waals surface area (Å²) >= 11 is 4.60. The van der Waals surface area contributed by atoms with Gasteiger partial charge >= 0.3 is 0 Å². The highest BCUT2D eigenvalue weighted by Gasteiger charge is 2.25. The Labute approximate surface area is 115 Å². The topological polar surface area (TPSA) is 47.2 Å². The van der Waals surface area contributed by atoms with E-state index in [1.54, 1.807) is 23.0 Å². The molecule has 0 unspecified atom stereocenters. The van der Waals surface area contributed by atoms with Crippen LogP contribution < -0.4 is 5.56 Å². The van der Waals surface area contributed by atoms with Crippen molar-refractivity contribution in [2.75, 3.05) is 0 Å². The van der Waals surface area contributed by atoms with Crippen LogP contribution in [0.15, 0.2) is 46.6 Å². The van der Waals surface area contributed by atoms with Crippen LogP contribution >= 0.6 is 12.2 Å². The fourth-order valence-electron chi connectivity index (χ4n) is 2.05. The van der Waals surface area contributed by atoms with E-state index in [0.717, 1.165) is 24.1 Å². The van der Waals surface area contributed by atoms with Crippen LogP contribution in [0, 0.1) is 0 Å². The van der Waals surface area contributed by atoms with Crippen LogP contribution in [0.4, 0.5) is 5.69 Å². The summed E-state index contributed by atoms with van der Waals surface area (Å²) in [4.78, 5) is 20.2. The predicted octanol–water partition coefficient (Wildman–Crippen LogP) is 2.84. The summed E-state index contributed by atoms with van der Waals surface area (Å²) in [6.07, 6.45) is 7.52. The molecule has 5 heteroatoms. The molecule has 2 aromatic rings. The molecule has 19 heavy (non-hydrogen) atoms. The number of thiocarbonyl (C=S) groups is 1. The second-order valence-corrected chi connectivity index (χ2v) is 4.70. The molecule has 0 aromatic carbocycles. The lowest BCUT2D eigenvalue weighted by molar-refractivity contribution is 0.940. The zero-order chi connectivity index (χ0) is 13.2. The number of aromatic nitrogens is 2. The van der Waals surface area contributed by atoms with Crippen molar-refractivity contribution in [2.24, 2.45) is 4.99 Å². The van der Waals surface area contributed by atoms with Gasteiger partial charge in [0.2, 0.25) is 0 Å². The lowest BCUT2D eigenvalue weighted by atomic mass is 10.1. The van der Waals surface area contributed by atoms with E-state index in [-0.39, 0.29) is 5.56 Å². The summed E-state index contributed by atoms with van der Waals surface area (Å²) in [5, 5.41) is 2.27. The molecule has 0 bridgehead atoms. The van der Waals surface area contributed by atoms with Crippen LogP contribution in [0.2, 0.25) is 0 Å². The highest BCUT2D eigenvalue weighted by atomic mass is 32.1. The summed E-state index contributed by atoms with van der Waals surface area (Å²) in [6.45, 7) is 0. The second kappa shape index (κ2) is 4.88. The molecule has 1 aliphatic carbocycles. The molecule has 94 valence electrons. The number of aliphatic imine (C=N–C) groups is 1. The fourth-order valence-corrected chi connectivity index (χ4v) is 2.14. The summed E-state index contributed by atoms with van der Waals surface area (Å²) < 4.78 is 1.58. The van der Waals surface area contributed by atoms with Crippen molar-refractivity contribution in [3.63, 3.8) is 0 Å². The molecule has 1 aliphatic rings. The number of hydrogen-bond acceptors (Lipinski definition) is 4. The van der Waals surface area contributed by atoms with Gasteiger partial charge in [0.05, 0.1) is 17.0 Å². The van der Waals surface area contributed by atoms with E-state index in [9.17, 15) is 4.79 Å². The minimum atomic E-state index is -0.199. The van der Waals surface area contributed by atoms with Crippen LogP contribution in [-0.2, 0) is 0 Å². The first-order chi connectivity index (χ1) is 9.29. The maximum absolute atomic E-state index is 12.3. The van der Waals surface area contributed by atoms with Gasteiger partial charge in [-0.05, 0) is 54.7 Å². The van der Waals surface area contributed by atoms with E-state index in [4.69, 9.17) is 0 Å². The number of rotatable bonds is 3. The molecule has 3 rings (SSSR count). The van der Waals surface area contributed by atoms with E-state index < -0.39 is 0 Å². The zero-order valence-corrected chi connectivity index (χ0v) is 10.9. The normalized spacial score (nSPS) is 13.9. The Hall–Kier alpha value is -2.10. The second-order valence-electron chi connectivity index (χ2n) is 4.52. The molecular weight excluding hydrogens is 258 g/mol.